The number of nitrogens with two attached hydrogens (primary N) is 1. The molecule has 2 atom stereocenters. The van der Waals surface area contributed by atoms with Gasteiger partial charge in [-0.2, -0.15) is 0 Å². The van der Waals surface area contributed by atoms with Crippen LogP contribution in [0.2, 0.25) is 0 Å². The lowest BCUT2D eigenvalue weighted by molar-refractivity contribution is -0.115. The van der Waals surface area contributed by atoms with Crippen molar-refractivity contribution in [1.29, 1.82) is 0 Å². The third-order valence-electron chi connectivity index (χ3n) is 3.73. The number of rotatable bonds is 1. The zero-order valence-corrected chi connectivity index (χ0v) is 9.73. The first-order chi connectivity index (χ1) is 8.25. The Labute approximate surface area is 101 Å². The highest BCUT2D eigenvalue weighted by Crippen LogP contribution is 2.34. The first-order valence-corrected chi connectivity index (χ1v) is 6.17. The van der Waals surface area contributed by atoms with Gasteiger partial charge in [0.05, 0.1) is 17.9 Å². The zero-order chi connectivity index (χ0) is 11.8. The highest BCUT2D eigenvalue weighted by molar-refractivity contribution is 6.01. The molecule has 1 aliphatic carbocycles. The van der Waals surface area contributed by atoms with Crippen LogP contribution in [0.5, 0.6) is 0 Å². The Bertz CT molecular complexity index is 446. The number of para-hydroxylation sites is 2. The lowest BCUT2D eigenvalue weighted by Crippen LogP contribution is -2.50. The van der Waals surface area contributed by atoms with Crippen molar-refractivity contribution in [3.63, 3.8) is 0 Å². The molecule has 1 heterocycles. The molecule has 3 rings (SSSR count). The molecule has 3 N–H and O–H groups in total. The summed E-state index contributed by atoms with van der Waals surface area (Å²) < 4.78 is 0. The highest BCUT2D eigenvalue weighted by Gasteiger charge is 2.33. The molecule has 0 bridgehead atoms. The van der Waals surface area contributed by atoms with Crippen LogP contribution in [0.25, 0.3) is 0 Å². The van der Waals surface area contributed by atoms with Crippen LogP contribution in [-0.2, 0) is 4.79 Å². The second-order valence-corrected chi connectivity index (χ2v) is 4.86. The van der Waals surface area contributed by atoms with E-state index in [-0.39, 0.29) is 11.9 Å². The maximum Gasteiger partial charge on any atom is 0.243 e. The van der Waals surface area contributed by atoms with E-state index < -0.39 is 0 Å². The minimum atomic E-state index is 0.0581. The summed E-state index contributed by atoms with van der Waals surface area (Å²) in [4.78, 5) is 13.9. The van der Waals surface area contributed by atoms with Crippen LogP contribution >= 0.6 is 0 Å². The van der Waals surface area contributed by atoms with Crippen molar-refractivity contribution in [2.24, 2.45) is 5.73 Å². The molecular weight excluding hydrogens is 214 g/mol. The Morgan fingerprint density at radius 2 is 2.12 bits per heavy atom. The fraction of sp³-hybridized carbons (Fsp3) is 0.462. The molecule has 1 aromatic carbocycles. The van der Waals surface area contributed by atoms with E-state index in [2.05, 4.69) is 16.3 Å². The van der Waals surface area contributed by atoms with Crippen LogP contribution in [0.15, 0.2) is 24.3 Å². The van der Waals surface area contributed by atoms with Crippen molar-refractivity contribution in [2.45, 2.75) is 31.3 Å². The van der Waals surface area contributed by atoms with Crippen LogP contribution in [0, 0.1) is 0 Å². The van der Waals surface area contributed by atoms with Crippen molar-refractivity contribution in [1.82, 2.24) is 0 Å². The number of nitrogens with zero attached hydrogens (tertiary/aromatic N) is 1. The summed E-state index contributed by atoms with van der Waals surface area (Å²) in [5, 5.41) is 2.91. The monoisotopic (exact) mass is 231 g/mol. The van der Waals surface area contributed by atoms with E-state index in [4.69, 9.17) is 5.73 Å². The quantitative estimate of drug-likeness (QED) is 0.766. The van der Waals surface area contributed by atoms with Gasteiger partial charge in [-0.3, -0.25) is 4.79 Å². The molecular formula is C13H17N3O. The number of benzene rings is 1. The van der Waals surface area contributed by atoms with Gasteiger partial charge in [0.2, 0.25) is 5.91 Å². The molecule has 1 amide bonds. The lowest BCUT2D eigenvalue weighted by Gasteiger charge is -2.37. The molecule has 0 aromatic heterocycles. The van der Waals surface area contributed by atoms with Gasteiger partial charge in [0.15, 0.2) is 0 Å². The molecule has 4 heteroatoms. The molecule has 4 nitrogen and oxygen atoms in total. The van der Waals surface area contributed by atoms with Crippen LogP contribution < -0.4 is 16.0 Å². The molecule has 90 valence electrons. The SMILES string of the molecule is NC1CCCC1N1CC(=O)Nc2ccccc21. The van der Waals surface area contributed by atoms with E-state index in [1.165, 1.54) is 0 Å². The average Bonchev–Trinajstić information content (AvgIpc) is 2.74. The van der Waals surface area contributed by atoms with E-state index in [1.807, 2.05) is 18.2 Å². The molecule has 0 spiro atoms. The Kier molecular flexibility index (Phi) is 2.52. The second-order valence-electron chi connectivity index (χ2n) is 4.86. The summed E-state index contributed by atoms with van der Waals surface area (Å²) in [7, 11) is 0. The van der Waals surface area contributed by atoms with E-state index in [1.54, 1.807) is 0 Å². The van der Waals surface area contributed by atoms with Crippen LogP contribution in [0.4, 0.5) is 11.4 Å². The summed E-state index contributed by atoms with van der Waals surface area (Å²) in [6.45, 7) is 0.426. The molecule has 0 radical (unpaired) electrons. The van der Waals surface area contributed by atoms with Gasteiger partial charge in [-0.1, -0.05) is 12.1 Å². The molecule has 2 unspecified atom stereocenters. The van der Waals surface area contributed by atoms with Crippen molar-refractivity contribution in [2.75, 3.05) is 16.8 Å². The fourth-order valence-corrected chi connectivity index (χ4v) is 2.91. The second kappa shape index (κ2) is 4.04. The Morgan fingerprint density at radius 3 is 2.88 bits per heavy atom. The van der Waals surface area contributed by atoms with Gasteiger partial charge in [-0.25, -0.2) is 0 Å². The van der Waals surface area contributed by atoms with Crippen molar-refractivity contribution in [3.8, 4) is 0 Å². The lowest BCUT2D eigenvalue weighted by atomic mass is 10.1. The third-order valence-corrected chi connectivity index (χ3v) is 3.73. The summed E-state index contributed by atoms with van der Waals surface area (Å²) in [6.07, 6.45) is 3.31. The maximum absolute atomic E-state index is 11.7. The van der Waals surface area contributed by atoms with E-state index in [9.17, 15) is 4.79 Å². The molecule has 1 saturated carbocycles. The smallest absolute Gasteiger partial charge is 0.243 e. The molecule has 17 heavy (non-hydrogen) atoms. The predicted molar refractivity (Wildman–Crippen MR) is 68.0 cm³/mol. The first kappa shape index (κ1) is 10.6. The molecule has 1 fully saturated rings. The van der Waals surface area contributed by atoms with E-state index in [0.29, 0.717) is 12.6 Å². The summed E-state index contributed by atoms with van der Waals surface area (Å²) >= 11 is 0. The van der Waals surface area contributed by atoms with Gasteiger partial charge < -0.3 is 16.0 Å². The van der Waals surface area contributed by atoms with Gasteiger partial charge in [-0.05, 0) is 31.4 Å². The van der Waals surface area contributed by atoms with Crippen molar-refractivity contribution < 1.29 is 4.79 Å². The number of carbonyl (C=O) groups is 1. The Balaban J connectivity index is 1.97. The summed E-state index contributed by atoms with van der Waals surface area (Å²) in [5.41, 5.74) is 8.15. The van der Waals surface area contributed by atoms with Crippen molar-refractivity contribution in [3.05, 3.63) is 24.3 Å². The van der Waals surface area contributed by atoms with Gasteiger partial charge in [0.1, 0.15) is 0 Å². The first-order valence-electron chi connectivity index (χ1n) is 6.17. The standard InChI is InChI=1S/C13H17N3O/c14-9-4-3-7-11(9)16-8-13(17)15-10-5-1-2-6-12(10)16/h1-2,5-6,9,11H,3-4,7-8,14H2,(H,15,17). The fourth-order valence-electron chi connectivity index (χ4n) is 2.91. The number of fused-ring (bicyclic) bond motifs is 1. The number of hydrogen-bond acceptors (Lipinski definition) is 3. The van der Waals surface area contributed by atoms with Crippen LogP contribution in [-0.4, -0.2) is 24.5 Å². The highest BCUT2D eigenvalue weighted by atomic mass is 16.2. The minimum Gasteiger partial charge on any atom is -0.356 e. The minimum absolute atomic E-state index is 0.0581. The summed E-state index contributed by atoms with van der Waals surface area (Å²) in [6, 6.07) is 8.44. The van der Waals surface area contributed by atoms with Crippen LogP contribution in [0.1, 0.15) is 19.3 Å². The number of carbonyl (C=O) groups excluding carboxylic acids is 1. The summed E-state index contributed by atoms with van der Waals surface area (Å²) in [5.74, 6) is 0.0581. The Morgan fingerprint density at radius 1 is 1.29 bits per heavy atom. The topological polar surface area (TPSA) is 58.4 Å². The molecule has 2 aliphatic rings. The predicted octanol–water partition coefficient (Wildman–Crippen LogP) is 1.32. The van der Waals surface area contributed by atoms with Crippen molar-refractivity contribution >= 4 is 17.3 Å². The zero-order valence-electron chi connectivity index (χ0n) is 9.73. The average molecular weight is 231 g/mol. The van der Waals surface area contributed by atoms with Gasteiger partial charge in [0, 0.05) is 12.1 Å². The number of anilines is 2. The van der Waals surface area contributed by atoms with Crippen LogP contribution in [0.3, 0.4) is 0 Å². The van der Waals surface area contributed by atoms with Gasteiger partial charge in [-0.15, -0.1) is 0 Å². The maximum atomic E-state index is 11.7. The van der Waals surface area contributed by atoms with E-state index in [0.717, 1.165) is 30.6 Å². The largest absolute Gasteiger partial charge is 0.356 e. The third kappa shape index (κ3) is 1.78. The molecule has 1 aromatic rings. The number of nitrogens with one attached hydrogen (secondary N) is 1. The van der Waals surface area contributed by atoms with E-state index >= 15 is 0 Å². The number of hydrogen-bond donors (Lipinski definition) is 2. The van der Waals surface area contributed by atoms with Gasteiger partial charge in [0.25, 0.3) is 0 Å². The van der Waals surface area contributed by atoms with Gasteiger partial charge >= 0.3 is 0 Å². The molecule has 0 saturated heterocycles. The number of amides is 1. The molecule has 1 aliphatic heterocycles. The Hall–Kier alpha value is -1.55. The normalized spacial score (nSPS) is 27.8.